The zero-order valence-corrected chi connectivity index (χ0v) is 17.2. The van der Waals surface area contributed by atoms with Crippen LogP contribution in [0.1, 0.15) is 29.2 Å². The first-order chi connectivity index (χ1) is 14.1. The second kappa shape index (κ2) is 7.88. The number of furan rings is 1. The van der Waals surface area contributed by atoms with E-state index in [0.717, 1.165) is 38.6 Å². The van der Waals surface area contributed by atoms with Gasteiger partial charge in [-0.1, -0.05) is 54.1 Å². The van der Waals surface area contributed by atoms with Crippen LogP contribution in [0.4, 0.5) is 0 Å². The highest BCUT2D eigenvalue weighted by Gasteiger charge is 2.14. The van der Waals surface area contributed by atoms with Crippen LogP contribution in [-0.2, 0) is 0 Å². The van der Waals surface area contributed by atoms with E-state index in [2.05, 4.69) is 85.4 Å². The van der Waals surface area contributed by atoms with E-state index in [1.54, 1.807) is 13.2 Å². The van der Waals surface area contributed by atoms with E-state index >= 15 is 0 Å². The summed E-state index contributed by atoms with van der Waals surface area (Å²) in [5, 5.41) is 2.14. The Morgan fingerprint density at radius 2 is 1.86 bits per heavy atom. The summed E-state index contributed by atoms with van der Waals surface area (Å²) in [6.45, 7) is 6.34. The Balaban J connectivity index is 1.85. The van der Waals surface area contributed by atoms with Crippen molar-refractivity contribution in [1.82, 2.24) is 4.98 Å². The maximum Gasteiger partial charge on any atom is 0.227 e. The third-order valence-corrected chi connectivity index (χ3v) is 5.15. The Bertz CT molecular complexity index is 1290. The maximum absolute atomic E-state index is 6.14. The van der Waals surface area contributed by atoms with Crippen molar-refractivity contribution in [3.8, 4) is 0 Å². The van der Waals surface area contributed by atoms with Gasteiger partial charge < -0.3 is 4.42 Å². The number of rotatable bonds is 4. The molecule has 3 nitrogen and oxygen atoms in total. The Labute approximate surface area is 171 Å². The maximum atomic E-state index is 6.14. The topological polar surface area (TPSA) is 38.4 Å². The molecule has 0 unspecified atom stereocenters. The lowest BCUT2D eigenvalue weighted by Gasteiger charge is -2.07. The van der Waals surface area contributed by atoms with E-state index in [9.17, 15) is 0 Å². The summed E-state index contributed by atoms with van der Waals surface area (Å²) < 4.78 is 6.14. The normalized spacial score (nSPS) is 13.1. The van der Waals surface area contributed by atoms with E-state index in [-0.39, 0.29) is 0 Å². The van der Waals surface area contributed by atoms with Gasteiger partial charge in [-0.05, 0) is 55.2 Å². The van der Waals surface area contributed by atoms with Gasteiger partial charge in [-0.2, -0.15) is 0 Å². The van der Waals surface area contributed by atoms with Gasteiger partial charge in [-0.15, -0.1) is 0 Å². The van der Waals surface area contributed by atoms with E-state index < -0.39 is 0 Å². The summed E-state index contributed by atoms with van der Waals surface area (Å²) in [5.74, 6) is 0. The first-order valence-corrected chi connectivity index (χ1v) is 9.73. The molecule has 0 aliphatic heterocycles. The van der Waals surface area contributed by atoms with Crippen molar-refractivity contribution in [2.24, 2.45) is 4.99 Å². The van der Waals surface area contributed by atoms with Crippen molar-refractivity contribution >= 4 is 39.4 Å². The Morgan fingerprint density at radius 3 is 2.66 bits per heavy atom. The van der Waals surface area contributed by atoms with E-state index in [1.165, 1.54) is 11.1 Å². The quantitative estimate of drug-likeness (QED) is 0.289. The van der Waals surface area contributed by atoms with Crippen LogP contribution in [0.3, 0.4) is 0 Å². The summed E-state index contributed by atoms with van der Waals surface area (Å²) in [6, 6.07) is 16.7. The van der Waals surface area contributed by atoms with Crippen LogP contribution >= 0.6 is 0 Å². The third kappa shape index (κ3) is 3.64. The molecule has 2 aromatic carbocycles. The largest absolute Gasteiger partial charge is 0.437 e. The molecule has 144 valence electrons. The Hall–Kier alpha value is -3.46. The fourth-order valence-corrected chi connectivity index (χ4v) is 3.74. The number of fused-ring (bicyclic) bond motifs is 3. The van der Waals surface area contributed by atoms with Crippen LogP contribution < -0.4 is 0 Å². The van der Waals surface area contributed by atoms with Crippen molar-refractivity contribution in [2.45, 2.75) is 20.8 Å². The molecule has 0 aliphatic rings. The molecular weight excluding hydrogens is 356 g/mol. The molecule has 4 aromatic rings. The summed E-state index contributed by atoms with van der Waals surface area (Å²) in [7, 11) is 1.80. The van der Waals surface area contributed by atoms with Gasteiger partial charge >= 0.3 is 0 Å². The molecule has 29 heavy (non-hydrogen) atoms. The highest BCUT2D eigenvalue weighted by Crippen LogP contribution is 2.34. The highest BCUT2D eigenvalue weighted by atomic mass is 16.3. The van der Waals surface area contributed by atoms with Gasteiger partial charge in [0.15, 0.2) is 0 Å². The van der Waals surface area contributed by atoms with Crippen LogP contribution in [0.5, 0.6) is 0 Å². The number of hydrogen-bond donors (Lipinski definition) is 0. The molecule has 0 fully saturated rings. The number of pyridine rings is 1. The van der Waals surface area contributed by atoms with Crippen LogP contribution in [0.15, 0.2) is 76.3 Å². The predicted molar refractivity (Wildman–Crippen MR) is 123 cm³/mol. The molecule has 0 bridgehead atoms. The molecule has 0 atom stereocenters. The van der Waals surface area contributed by atoms with Crippen LogP contribution in [0, 0.1) is 13.8 Å². The molecule has 0 saturated heterocycles. The lowest BCUT2D eigenvalue weighted by molar-refractivity contribution is 0.652. The number of aryl methyl sites for hydroxylation is 2. The molecule has 4 rings (SSSR count). The Morgan fingerprint density at radius 1 is 1.00 bits per heavy atom. The third-order valence-electron chi connectivity index (χ3n) is 5.15. The average molecular weight is 380 g/mol. The summed E-state index contributed by atoms with van der Waals surface area (Å²) in [5.41, 5.74) is 8.47. The van der Waals surface area contributed by atoms with Crippen molar-refractivity contribution in [2.75, 3.05) is 7.05 Å². The van der Waals surface area contributed by atoms with Gasteiger partial charge in [0, 0.05) is 35.8 Å². The first kappa shape index (κ1) is 18.9. The fourth-order valence-electron chi connectivity index (χ4n) is 3.74. The molecule has 0 radical (unpaired) electrons. The molecule has 0 N–H and O–H groups in total. The van der Waals surface area contributed by atoms with Gasteiger partial charge in [0.05, 0.1) is 0 Å². The van der Waals surface area contributed by atoms with E-state index in [1.807, 2.05) is 12.3 Å². The number of aliphatic imine (C=N–C) groups is 1. The second-order valence-corrected chi connectivity index (χ2v) is 7.32. The predicted octanol–water partition coefficient (Wildman–Crippen LogP) is 6.79. The first-order valence-electron chi connectivity index (χ1n) is 9.73. The minimum absolute atomic E-state index is 0.677. The molecule has 3 heteroatoms. The van der Waals surface area contributed by atoms with Crippen molar-refractivity contribution in [3.63, 3.8) is 0 Å². The molecule has 0 spiro atoms. The summed E-state index contributed by atoms with van der Waals surface area (Å²) >= 11 is 0. The standard InChI is InChI=1S/C26H24N2O/c1-17-7-5-8-20(15-17)21(16-27-4)12-10-18(2)24-19(3)11-13-22-23-9-6-14-28-26(23)29-25(22)24/h5-16H,1-4H3/b18-10+,21-12+,27-16+. The van der Waals surface area contributed by atoms with Gasteiger partial charge in [-0.3, -0.25) is 4.99 Å². The van der Waals surface area contributed by atoms with Gasteiger partial charge in [0.1, 0.15) is 5.58 Å². The van der Waals surface area contributed by atoms with Gasteiger partial charge in [0.2, 0.25) is 5.71 Å². The molecule has 0 amide bonds. The lowest BCUT2D eigenvalue weighted by atomic mass is 9.97. The molecule has 0 aliphatic carbocycles. The molecule has 0 saturated carbocycles. The van der Waals surface area contributed by atoms with Gasteiger partial charge in [0.25, 0.3) is 0 Å². The van der Waals surface area contributed by atoms with Crippen molar-refractivity contribution < 1.29 is 4.42 Å². The molecule has 2 aromatic heterocycles. The SMILES string of the molecule is C/N=C/C(=C\C=C(/C)c1c(C)ccc2c1oc1ncccc12)c1cccc(C)c1. The zero-order valence-electron chi connectivity index (χ0n) is 17.2. The molecular formula is C26H24N2O. The Kier molecular flexibility index (Phi) is 5.13. The van der Waals surface area contributed by atoms with Crippen LogP contribution in [-0.4, -0.2) is 18.2 Å². The van der Waals surface area contributed by atoms with Gasteiger partial charge in [-0.25, -0.2) is 4.98 Å². The highest BCUT2D eigenvalue weighted by molar-refractivity contribution is 6.11. The average Bonchev–Trinajstić information content (AvgIpc) is 3.09. The number of aromatic nitrogens is 1. The summed E-state index contributed by atoms with van der Waals surface area (Å²) in [4.78, 5) is 8.62. The van der Waals surface area contributed by atoms with Crippen LogP contribution in [0.25, 0.3) is 33.2 Å². The number of hydrogen-bond acceptors (Lipinski definition) is 3. The summed E-state index contributed by atoms with van der Waals surface area (Å²) in [6.07, 6.45) is 7.93. The smallest absolute Gasteiger partial charge is 0.227 e. The van der Waals surface area contributed by atoms with E-state index in [4.69, 9.17) is 4.42 Å². The zero-order chi connectivity index (χ0) is 20.4. The van der Waals surface area contributed by atoms with Crippen molar-refractivity contribution in [1.29, 1.82) is 0 Å². The lowest BCUT2D eigenvalue weighted by Crippen LogP contribution is -1.89. The molecule has 2 heterocycles. The fraction of sp³-hybridized carbons (Fsp3) is 0.154. The monoisotopic (exact) mass is 380 g/mol. The number of benzene rings is 2. The number of allylic oxidation sites excluding steroid dienone is 4. The second-order valence-electron chi connectivity index (χ2n) is 7.32. The van der Waals surface area contributed by atoms with E-state index in [0.29, 0.717) is 5.71 Å². The van der Waals surface area contributed by atoms with Crippen LogP contribution in [0.2, 0.25) is 0 Å². The van der Waals surface area contributed by atoms with Crippen molar-refractivity contribution in [3.05, 3.63) is 89.1 Å². The minimum atomic E-state index is 0.677. The number of nitrogens with zero attached hydrogens (tertiary/aromatic N) is 2. The minimum Gasteiger partial charge on any atom is -0.437 e.